The minimum atomic E-state index is -4.60. The van der Waals surface area contributed by atoms with E-state index in [1.54, 1.807) is 13.8 Å². The highest BCUT2D eigenvalue weighted by atomic mass is 19.4. The molecule has 6 N–H and O–H groups in total. The normalized spacial score (nSPS) is 11.9. The summed E-state index contributed by atoms with van der Waals surface area (Å²) in [5.41, 5.74) is 11.7. The lowest BCUT2D eigenvalue weighted by Gasteiger charge is -2.26. The van der Waals surface area contributed by atoms with Crippen LogP contribution in [0.2, 0.25) is 0 Å². The molecule has 0 aliphatic carbocycles. The summed E-state index contributed by atoms with van der Waals surface area (Å²) in [7, 11) is 0. The number of phenolic OH excluding ortho intramolecular Hbond substituents is 2. The number of aryl methyl sites for hydroxylation is 2. The lowest BCUT2D eigenvalue weighted by atomic mass is 9.83. The molecule has 0 radical (unpaired) electrons. The van der Waals surface area contributed by atoms with Crippen LogP contribution in [0, 0.1) is 0 Å². The van der Waals surface area contributed by atoms with Gasteiger partial charge in [0.1, 0.15) is 17.4 Å². The number of anilines is 2. The summed E-state index contributed by atoms with van der Waals surface area (Å²) in [6.07, 6.45) is -4.00. The van der Waals surface area contributed by atoms with Crippen LogP contribution in [0.1, 0.15) is 42.0 Å². The maximum absolute atomic E-state index is 14.0. The molecule has 0 saturated carbocycles. The molecular weight excluding hydrogens is 333 g/mol. The van der Waals surface area contributed by atoms with Gasteiger partial charge in [0.05, 0.1) is 11.4 Å². The SMILES string of the molecule is CCc1cc(O)c(N)cc1C(c1cc(N)c(O)cc1CC)C(F)(F)F. The zero-order chi connectivity index (χ0) is 18.9. The molecule has 25 heavy (non-hydrogen) atoms. The van der Waals surface area contributed by atoms with Crippen molar-refractivity contribution in [2.45, 2.75) is 38.8 Å². The lowest BCUT2D eigenvalue weighted by Crippen LogP contribution is -2.24. The van der Waals surface area contributed by atoms with E-state index in [-0.39, 0.29) is 34.0 Å². The number of hydrogen-bond donors (Lipinski definition) is 4. The summed E-state index contributed by atoms with van der Waals surface area (Å²) in [5.74, 6) is -2.45. The Morgan fingerprint density at radius 3 is 1.48 bits per heavy atom. The number of phenols is 2. The van der Waals surface area contributed by atoms with E-state index in [0.29, 0.717) is 24.0 Å². The van der Waals surface area contributed by atoms with Gasteiger partial charge in [-0.3, -0.25) is 0 Å². The van der Waals surface area contributed by atoms with Gasteiger partial charge >= 0.3 is 6.18 Å². The highest BCUT2D eigenvalue weighted by molar-refractivity contribution is 5.62. The molecule has 0 unspecified atom stereocenters. The maximum Gasteiger partial charge on any atom is 0.399 e. The second-order valence-electron chi connectivity index (χ2n) is 5.90. The Balaban J connectivity index is 2.81. The van der Waals surface area contributed by atoms with Crippen molar-refractivity contribution in [3.63, 3.8) is 0 Å². The average Bonchev–Trinajstić information content (AvgIpc) is 2.52. The largest absolute Gasteiger partial charge is 0.506 e. The van der Waals surface area contributed by atoms with Crippen molar-refractivity contribution in [3.8, 4) is 11.5 Å². The zero-order valence-corrected chi connectivity index (χ0v) is 14.0. The van der Waals surface area contributed by atoms with E-state index in [4.69, 9.17) is 11.5 Å². The molecule has 0 amide bonds. The van der Waals surface area contributed by atoms with E-state index in [1.165, 1.54) is 12.1 Å². The van der Waals surface area contributed by atoms with Crippen molar-refractivity contribution in [2.24, 2.45) is 0 Å². The summed E-state index contributed by atoms with van der Waals surface area (Å²) in [6, 6.07) is 4.85. The molecule has 2 aromatic carbocycles. The molecule has 136 valence electrons. The smallest absolute Gasteiger partial charge is 0.399 e. The van der Waals surface area contributed by atoms with Crippen LogP contribution in [0.5, 0.6) is 11.5 Å². The van der Waals surface area contributed by atoms with Crippen LogP contribution in [-0.4, -0.2) is 16.4 Å². The number of nitrogens with two attached hydrogens (primary N) is 2. The van der Waals surface area contributed by atoms with Crippen LogP contribution in [0.15, 0.2) is 24.3 Å². The minimum Gasteiger partial charge on any atom is -0.506 e. The Bertz CT molecular complexity index is 729. The van der Waals surface area contributed by atoms with E-state index < -0.39 is 12.1 Å². The van der Waals surface area contributed by atoms with E-state index in [0.717, 1.165) is 12.1 Å². The van der Waals surface area contributed by atoms with Crippen molar-refractivity contribution in [2.75, 3.05) is 11.5 Å². The summed E-state index contributed by atoms with van der Waals surface area (Å²) in [6.45, 7) is 3.40. The third-order valence-electron chi connectivity index (χ3n) is 4.29. The predicted molar refractivity (Wildman–Crippen MR) is 91.7 cm³/mol. The molecule has 4 nitrogen and oxygen atoms in total. The van der Waals surface area contributed by atoms with Gasteiger partial charge in [-0.2, -0.15) is 13.2 Å². The van der Waals surface area contributed by atoms with Crippen molar-refractivity contribution in [1.29, 1.82) is 0 Å². The topological polar surface area (TPSA) is 92.5 Å². The van der Waals surface area contributed by atoms with Gasteiger partial charge in [-0.1, -0.05) is 13.8 Å². The van der Waals surface area contributed by atoms with Gasteiger partial charge < -0.3 is 21.7 Å². The first-order valence-electron chi connectivity index (χ1n) is 7.89. The highest BCUT2D eigenvalue weighted by Crippen LogP contribution is 2.46. The molecule has 0 aromatic heterocycles. The van der Waals surface area contributed by atoms with Crippen molar-refractivity contribution >= 4 is 11.4 Å². The fraction of sp³-hybridized carbons (Fsp3) is 0.333. The molecule has 0 spiro atoms. The molecule has 0 saturated heterocycles. The molecule has 2 aromatic rings. The predicted octanol–water partition coefficient (Wildman–Crippen LogP) is 4.08. The first-order chi connectivity index (χ1) is 11.6. The van der Waals surface area contributed by atoms with Gasteiger partial charge in [-0.05, 0) is 59.4 Å². The van der Waals surface area contributed by atoms with Crippen LogP contribution in [0.25, 0.3) is 0 Å². The van der Waals surface area contributed by atoms with Gasteiger partial charge in [0, 0.05) is 0 Å². The quantitative estimate of drug-likeness (QED) is 0.492. The van der Waals surface area contributed by atoms with Crippen molar-refractivity contribution in [1.82, 2.24) is 0 Å². The van der Waals surface area contributed by atoms with Crippen LogP contribution in [-0.2, 0) is 12.8 Å². The van der Waals surface area contributed by atoms with Crippen molar-refractivity contribution in [3.05, 3.63) is 46.5 Å². The molecule has 0 bridgehead atoms. The van der Waals surface area contributed by atoms with E-state index in [9.17, 15) is 23.4 Å². The Hall–Kier alpha value is -2.57. The molecular formula is C18H21F3N2O2. The first-order valence-corrected chi connectivity index (χ1v) is 7.89. The van der Waals surface area contributed by atoms with E-state index >= 15 is 0 Å². The molecule has 0 aliphatic heterocycles. The standard InChI is InChI=1S/C18H21F3N2O2/c1-3-9-5-15(24)13(22)7-11(9)17(18(19,20)21)12-8-14(23)16(25)6-10(12)4-2/h5-8,17,24-25H,3-4,22-23H2,1-2H3. The van der Waals surface area contributed by atoms with Gasteiger partial charge in [0.25, 0.3) is 0 Å². The second kappa shape index (κ2) is 6.74. The molecule has 0 heterocycles. The first kappa shape index (κ1) is 18.8. The highest BCUT2D eigenvalue weighted by Gasteiger charge is 2.44. The Morgan fingerprint density at radius 2 is 1.20 bits per heavy atom. The number of rotatable bonds is 4. The Labute approximate surface area is 143 Å². The van der Waals surface area contributed by atoms with E-state index in [1.807, 2.05) is 0 Å². The number of alkyl halides is 3. The van der Waals surface area contributed by atoms with Gasteiger partial charge in [-0.15, -0.1) is 0 Å². The third-order valence-corrected chi connectivity index (χ3v) is 4.29. The van der Waals surface area contributed by atoms with Gasteiger partial charge in [0.15, 0.2) is 0 Å². The number of aromatic hydroxyl groups is 2. The third kappa shape index (κ3) is 3.60. The minimum absolute atomic E-state index is 0.0231. The number of halogens is 3. The number of hydrogen-bond acceptors (Lipinski definition) is 4. The fourth-order valence-corrected chi connectivity index (χ4v) is 3.00. The van der Waals surface area contributed by atoms with E-state index in [2.05, 4.69) is 0 Å². The fourth-order valence-electron chi connectivity index (χ4n) is 3.00. The van der Waals surface area contributed by atoms with Gasteiger partial charge in [-0.25, -0.2) is 0 Å². The monoisotopic (exact) mass is 354 g/mol. The summed E-state index contributed by atoms with van der Waals surface area (Å²) in [4.78, 5) is 0. The zero-order valence-electron chi connectivity index (χ0n) is 14.0. The average molecular weight is 354 g/mol. The maximum atomic E-state index is 14.0. The van der Waals surface area contributed by atoms with Crippen LogP contribution < -0.4 is 11.5 Å². The molecule has 0 fully saturated rings. The van der Waals surface area contributed by atoms with Crippen LogP contribution in [0.4, 0.5) is 24.5 Å². The lowest BCUT2D eigenvalue weighted by molar-refractivity contribution is -0.141. The Kier molecular flexibility index (Phi) is 5.06. The molecule has 0 atom stereocenters. The van der Waals surface area contributed by atoms with Crippen LogP contribution in [0.3, 0.4) is 0 Å². The molecule has 2 rings (SSSR count). The Morgan fingerprint density at radius 1 is 0.840 bits per heavy atom. The number of nitrogen functional groups attached to an aromatic ring is 2. The summed E-state index contributed by atoms with van der Waals surface area (Å²) in [5, 5.41) is 19.5. The second-order valence-corrected chi connectivity index (χ2v) is 5.90. The number of benzene rings is 2. The summed E-state index contributed by atoms with van der Waals surface area (Å²) < 4.78 is 41.9. The van der Waals surface area contributed by atoms with Crippen LogP contribution >= 0.6 is 0 Å². The molecule has 0 aliphatic rings. The molecule has 7 heteroatoms. The van der Waals surface area contributed by atoms with Gasteiger partial charge in [0.2, 0.25) is 0 Å². The van der Waals surface area contributed by atoms with Crippen molar-refractivity contribution < 1.29 is 23.4 Å². The summed E-state index contributed by atoms with van der Waals surface area (Å²) >= 11 is 0.